The molecule has 6 heteroatoms. The van der Waals surface area contributed by atoms with Gasteiger partial charge in [-0.15, -0.1) is 0 Å². The van der Waals surface area contributed by atoms with E-state index in [1.165, 1.54) is 12.8 Å². The van der Waals surface area contributed by atoms with Gasteiger partial charge in [-0.1, -0.05) is 32.1 Å². The van der Waals surface area contributed by atoms with Crippen molar-refractivity contribution in [2.45, 2.75) is 57.5 Å². The van der Waals surface area contributed by atoms with E-state index in [1.807, 2.05) is 0 Å². The van der Waals surface area contributed by atoms with Crippen LogP contribution in [0.2, 0.25) is 0 Å². The van der Waals surface area contributed by atoms with Crippen molar-refractivity contribution >= 4 is 10.0 Å². The number of hydrogen-bond acceptors (Lipinski definition) is 4. The first-order chi connectivity index (χ1) is 9.08. The Morgan fingerprint density at radius 3 is 2.26 bits per heavy atom. The smallest absolute Gasteiger partial charge is 0.209 e. The first kappa shape index (κ1) is 16.9. The lowest BCUT2D eigenvalue weighted by Gasteiger charge is -2.09. The maximum absolute atomic E-state index is 10.7. The van der Waals surface area contributed by atoms with Crippen LogP contribution in [-0.4, -0.2) is 40.1 Å². The Labute approximate surface area is 116 Å². The number of unbranched alkanes of at least 4 members (excludes halogenated alkanes) is 6. The van der Waals surface area contributed by atoms with Crippen molar-refractivity contribution in [2.24, 2.45) is 5.14 Å². The minimum absolute atomic E-state index is 0.115. The van der Waals surface area contributed by atoms with Gasteiger partial charge in [-0.3, -0.25) is 0 Å². The van der Waals surface area contributed by atoms with Crippen LogP contribution >= 0.6 is 0 Å². The van der Waals surface area contributed by atoms with E-state index in [0.717, 1.165) is 51.9 Å². The number of ether oxygens (including phenoxy) is 2. The minimum Gasteiger partial charge on any atom is -0.379 e. The molecule has 1 aliphatic rings. The number of rotatable bonds is 11. The molecule has 1 unspecified atom stereocenters. The molecule has 0 aromatic heterocycles. The highest BCUT2D eigenvalue weighted by Crippen LogP contribution is 2.11. The van der Waals surface area contributed by atoms with Crippen molar-refractivity contribution in [3.63, 3.8) is 0 Å². The van der Waals surface area contributed by atoms with E-state index in [2.05, 4.69) is 0 Å². The Bertz CT molecular complexity index is 313. The lowest BCUT2D eigenvalue weighted by Crippen LogP contribution is -2.16. The van der Waals surface area contributed by atoms with E-state index >= 15 is 0 Å². The molecule has 1 heterocycles. The van der Waals surface area contributed by atoms with Crippen molar-refractivity contribution in [1.29, 1.82) is 0 Å². The maximum atomic E-state index is 10.7. The Hall–Kier alpha value is -0.170. The van der Waals surface area contributed by atoms with Gasteiger partial charge in [-0.25, -0.2) is 13.6 Å². The van der Waals surface area contributed by atoms with Crippen LogP contribution in [0.25, 0.3) is 0 Å². The zero-order valence-corrected chi connectivity index (χ0v) is 12.5. The molecule has 0 saturated carbocycles. The average molecular weight is 293 g/mol. The summed E-state index contributed by atoms with van der Waals surface area (Å²) in [4.78, 5) is 0. The van der Waals surface area contributed by atoms with E-state index < -0.39 is 10.0 Å². The van der Waals surface area contributed by atoms with Crippen LogP contribution in [0.3, 0.4) is 0 Å². The second-order valence-electron chi connectivity index (χ2n) is 5.20. The number of nitrogens with two attached hydrogens (primary N) is 1. The van der Waals surface area contributed by atoms with Crippen LogP contribution in [0.15, 0.2) is 0 Å². The third-order valence-corrected chi connectivity index (χ3v) is 4.17. The van der Waals surface area contributed by atoms with E-state index in [9.17, 15) is 8.42 Å². The van der Waals surface area contributed by atoms with Crippen molar-refractivity contribution < 1.29 is 17.9 Å². The van der Waals surface area contributed by atoms with Crippen molar-refractivity contribution in [2.75, 3.05) is 25.6 Å². The summed E-state index contributed by atoms with van der Waals surface area (Å²) in [5, 5.41) is 4.93. The molecule has 1 atom stereocenters. The fourth-order valence-electron chi connectivity index (χ4n) is 2.18. The molecule has 0 aromatic carbocycles. The minimum atomic E-state index is -3.26. The van der Waals surface area contributed by atoms with Gasteiger partial charge >= 0.3 is 0 Å². The van der Waals surface area contributed by atoms with Gasteiger partial charge < -0.3 is 9.47 Å². The SMILES string of the molecule is NS(=O)(=O)CCCCCCCCCOC1CCOC1. The molecular formula is C13H27NO4S. The normalized spacial score (nSPS) is 19.9. The quantitative estimate of drug-likeness (QED) is 0.589. The zero-order valence-electron chi connectivity index (χ0n) is 11.7. The molecule has 1 rings (SSSR count). The van der Waals surface area contributed by atoms with E-state index in [0.29, 0.717) is 12.5 Å². The molecule has 0 aliphatic carbocycles. The van der Waals surface area contributed by atoms with Crippen LogP contribution in [0, 0.1) is 0 Å². The molecule has 19 heavy (non-hydrogen) atoms. The molecule has 114 valence electrons. The predicted molar refractivity (Wildman–Crippen MR) is 75.5 cm³/mol. The number of sulfonamides is 1. The van der Waals surface area contributed by atoms with Crippen LogP contribution in [0.1, 0.15) is 51.4 Å². The molecule has 0 aromatic rings. The third kappa shape index (κ3) is 10.3. The average Bonchev–Trinajstić information content (AvgIpc) is 2.83. The van der Waals surface area contributed by atoms with Gasteiger partial charge in [0.2, 0.25) is 10.0 Å². The molecule has 5 nitrogen and oxygen atoms in total. The highest BCUT2D eigenvalue weighted by Gasteiger charge is 2.15. The molecule has 1 fully saturated rings. The second-order valence-corrected chi connectivity index (χ2v) is 6.93. The summed E-state index contributed by atoms with van der Waals surface area (Å²) in [6.07, 6.45) is 8.72. The molecule has 1 aliphatic heterocycles. The Morgan fingerprint density at radius 2 is 1.68 bits per heavy atom. The largest absolute Gasteiger partial charge is 0.379 e. The molecule has 0 amide bonds. The van der Waals surface area contributed by atoms with Gasteiger partial charge in [0.05, 0.1) is 18.5 Å². The topological polar surface area (TPSA) is 78.6 Å². The number of primary sulfonamides is 1. The summed E-state index contributed by atoms with van der Waals surface area (Å²) in [7, 11) is -3.26. The molecule has 0 spiro atoms. The second kappa shape index (κ2) is 9.69. The third-order valence-electron chi connectivity index (χ3n) is 3.31. The Balaban J connectivity index is 1.76. The monoisotopic (exact) mass is 293 g/mol. The van der Waals surface area contributed by atoms with Crippen LogP contribution in [0.5, 0.6) is 0 Å². The molecule has 2 N–H and O–H groups in total. The zero-order chi connectivity index (χ0) is 14.0. The van der Waals surface area contributed by atoms with Crippen molar-refractivity contribution in [3.05, 3.63) is 0 Å². The Morgan fingerprint density at radius 1 is 1.05 bits per heavy atom. The van der Waals surface area contributed by atoms with E-state index in [1.54, 1.807) is 0 Å². The van der Waals surface area contributed by atoms with Gasteiger partial charge in [0.15, 0.2) is 0 Å². The highest BCUT2D eigenvalue weighted by atomic mass is 32.2. The van der Waals surface area contributed by atoms with Gasteiger partial charge in [0.25, 0.3) is 0 Å². The first-order valence-corrected chi connectivity index (χ1v) is 8.99. The molecule has 0 bridgehead atoms. The van der Waals surface area contributed by atoms with Crippen LogP contribution < -0.4 is 5.14 Å². The summed E-state index contributed by atoms with van der Waals surface area (Å²) in [6.45, 7) is 2.42. The summed E-state index contributed by atoms with van der Waals surface area (Å²) < 4.78 is 32.3. The molecule has 1 saturated heterocycles. The van der Waals surface area contributed by atoms with Crippen molar-refractivity contribution in [3.8, 4) is 0 Å². The molecule has 0 radical (unpaired) electrons. The Kier molecular flexibility index (Phi) is 8.61. The predicted octanol–water partition coefficient (Wildman–Crippen LogP) is 1.81. The number of hydrogen-bond donors (Lipinski definition) is 1. The summed E-state index contributed by atoms with van der Waals surface area (Å²) >= 11 is 0. The van der Waals surface area contributed by atoms with E-state index in [-0.39, 0.29) is 5.75 Å². The highest BCUT2D eigenvalue weighted by molar-refractivity contribution is 7.89. The van der Waals surface area contributed by atoms with Gasteiger partial charge in [-0.2, -0.15) is 0 Å². The lowest BCUT2D eigenvalue weighted by molar-refractivity contribution is 0.0405. The molecular weight excluding hydrogens is 266 g/mol. The van der Waals surface area contributed by atoms with Crippen LogP contribution in [0.4, 0.5) is 0 Å². The summed E-state index contributed by atoms with van der Waals surface area (Å²) in [5.41, 5.74) is 0. The first-order valence-electron chi connectivity index (χ1n) is 7.28. The fraction of sp³-hybridized carbons (Fsp3) is 1.00. The maximum Gasteiger partial charge on any atom is 0.209 e. The lowest BCUT2D eigenvalue weighted by atomic mass is 10.1. The van der Waals surface area contributed by atoms with Crippen molar-refractivity contribution in [1.82, 2.24) is 0 Å². The van der Waals surface area contributed by atoms with Gasteiger partial charge in [0, 0.05) is 13.2 Å². The fourth-order valence-corrected chi connectivity index (χ4v) is 2.79. The van der Waals surface area contributed by atoms with Gasteiger partial charge in [0.1, 0.15) is 0 Å². The summed E-state index contributed by atoms with van der Waals surface area (Å²) in [5.74, 6) is 0.115. The standard InChI is InChI=1S/C13H27NO4S/c14-19(15,16)11-7-5-3-1-2-4-6-9-18-13-8-10-17-12-13/h13H,1-12H2,(H2,14,15,16). The van der Waals surface area contributed by atoms with Crippen LogP contribution in [-0.2, 0) is 19.5 Å². The van der Waals surface area contributed by atoms with Gasteiger partial charge in [-0.05, 0) is 19.3 Å². The summed E-state index contributed by atoms with van der Waals surface area (Å²) in [6, 6.07) is 0. The van der Waals surface area contributed by atoms with E-state index in [4.69, 9.17) is 14.6 Å².